The molecule has 0 spiro atoms. The summed E-state index contributed by atoms with van der Waals surface area (Å²) in [5.41, 5.74) is 6.76. The Morgan fingerprint density at radius 1 is 1.32 bits per heavy atom. The van der Waals surface area contributed by atoms with E-state index in [1.54, 1.807) is 0 Å². The Kier molecular flexibility index (Phi) is 6.99. The predicted octanol–water partition coefficient (Wildman–Crippen LogP) is 0.404. The zero-order valence-corrected chi connectivity index (χ0v) is 11.4. The molecule has 2 amide bonds. The van der Waals surface area contributed by atoms with Crippen LogP contribution in [0.15, 0.2) is 24.3 Å². The summed E-state index contributed by atoms with van der Waals surface area (Å²) in [6.07, 6.45) is 0.359. The second-order valence-corrected chi connectivity index (χ2v) is 5.13. The minimum atomic E-state index is -0.369. The average molecular weight is 282 g/mol. The number of thioether (sulfide) groups is 1. The zero-order chi connectivity index (χ0) is 14.1. The Bertz CT molecular complexity index is 438. The third-order valence-corrected chi connectivity index (χ3v) is 3.36. The molecule has 0 fully saturated rings. The number of primary amides is 1. The van der Waals surface area contributed by atoms with Gasteiger partial charge < -0.3 is 16.2 Å². The number of aliphatic hydroxyl groups is 1. The molecule has 5 nitrogen and oxygen atoms in total. The van der Waals surface area contributed by atoms with E-state index in [0.717, 1.165) is 11.1 Å². The van der Waals surface area contributed by atoms with E-state index in [2.05, 4.69) is 5.32 Å². The van der Waals surface area contributed by atoms with Crippen molar-refractivity contribution in [3.05, 3.63) is 35.4 Å². The smallest absolute Gasteiger partial charge is 0.227 e. The zero-order valence-electron chi connectivity index (χ0n) is 10.6. The summed E-state index contributed by atoms with van der Waals surface area (Å²) < 4.78 is 0. The van der Waals surface area contributed by atoms with Crippen molar-refractivity contribution in [1.29, 1.82) is 0 Å². The SMILES string of the molecule is NC(=O)CSCCC(=O)NCc1cccc(CO)c1. The van der Waals surface area contributed by atoms with E-state index in [9.17, 15) is 9.59 Å². The summed E-state index contributed by atoms with van der Waals surface area (Å²) in [7, 11) is 0. The molecule has 1 aromatic rings. The molecule has 0 saturated heterocycles. The van der Waals surface area contributed by atoms with Crippen molar-refractivity contribution in [3.8, 4) is 0 Å². The van der Waals surface area contributed by atoms with Gasteiger partial charge in [-0.1, -0.05) is 24.3 Å². The van der Waals surface area contributed by atoms with E-state index < -0.39 is 0 Å². The van der Waals surface area contributed by atoms with Crippen molar-refractivity contribution in [2.45, 2.75) is 19.6 Å². The first-order chi connectivity index (χ1) is 9.11. The lowest BCUT2D eigenvalue weighted by Gasteiger charge is -2.06. The lowest BCUT2D eigenvalue weighted by atomic mass is 10.1. The van der Waals surface area contributed by atoms with Crippen LogP contribution in [-0.2, 0) is 22.7 Å². The number of carbonyl (C=O) groups excluding carboxylic acids is 2. The summed E-state index contributed by atoms with van der Waals surface area (Å²) in [6, 6.07) is 7.41. The Morgan fingerprint density at radius 2 is 2.05 bits per heavy atom. The summed E-state index contributed by atoms with van der Waals surface area (Å²) in [6.45, 7) is 0.429. The molecule has 0 aliphatic heterocycles. The van der Waals surface area contributed by atoms with E-state index >= 15 is 0 Å². The van der Waals surface area contributed by atoms with Gasteiger partial charge in [0.25, 0.3) is 0 Å². The third kappa shape index (κ3) is 6.83. The van der Waals surface area contributed by atoms with E-state index in [-0.39, 0.29) is 24.2 Å². The molecule has 0 aromatic heterocycles. The molecule has 0 aliphatic carbocycles. The highest BCUT2D eigenvalue weighted by molar-refractivity contribution is 7.99. The fraction of sp³-hybridized carbons (Fsp3) is 0.385. The van der Waals surface area contributed by atoms with Crippen LogP contribution in [0, 0.1) is 0 Å². The molecular weight excluding hydrogens is 264 g/mol. The molecule has 1 aromatic carbocycles. The van der Waals surface area contributed by atoms with Crippen molar-refractivity contribution in [3.63, 3.8) is 0 Å². The van der Waals surface area contributed by atoms with Crippen LogP contribution >= 0.6 is 11.8 Å². The van der Waals surface area contributed by atoms with Crippen molar-refractivity contribution in [2.24, 2.45) is 5.73 Å². The number of nitrogens with two attached hydrogens (primary N) is 1. The highest BCUT2D eigenvalue weighted by Gasteiger charge is 2.03. The van der Waals surface area contributed by atoms with Gasteiger partial charge in [0.15, 0.2) is 0 Å². The van der Waals surface area contributed by atoms with Crippen LogP contribution in [0.25, 0.3) is 0 Å². The number of benzene rings is 1. The monoisotopic (exact) mass is 282 g/mol. The molecule has 6 heteroatoms. The van der Waals surface area contributed by atoms with Crippen LogP contribution in [-0.4, -0.2) is 28.4 Å². The quantitative estimate of drug-likeness (QED) is 0.602. The third-order valence-electron chi connectivity index (χ3n) is 2.38. The van der Waals surface area contributed by atoms with Gasteiger partial charge in [-0.3, -0.25) is 9.59 Å². The topological polar surface area (TPSA) is 92.4 Å². The van der Waals surface area contributed by atoms with Crippen LogP contribution in [0.5, 0.6) is 0 Å². The van der Waals surface area contributed by atoms with Crippen molar-refractivity contribution >= 4 is 23.6 Å². The van der Waals surface area contributed by atoms with E-state index in [0.29, 0.717) is 18.7 Å². The minimum absolute atomic E-state index is 0.00839. The van der Waals surface area contributed by atoms with E-state index in [1.165, 1.54) is 11.8 Å². The number of hydrogen-bond donors (Lipinski definition) is 3. The van der Waals surface area contributed by atoms with Crippen molar-refractivity contribution in [1.82, 2.24) is 5.32 Å². The molecule has 0 atom stereocenters. The minimum Gasteiger partial charge on any atom is -0.392 e. The average Bonchev–Trinajstić information content (AvgIpc) is 2.41. The van der Waals surface area contributed by atoms with Gasteiger partial charge in [0, 0.05) is 18.7 Å². The summed E-state index contributed by atoms with van der Waals surface area (Å²) in [4.78, 5) is 22.0. The Morgan fingerprint density at radius 3 is 2.74 bits per heavy atom. The molecule has 0 heterocycles. The first kappa shape index (κ1) is 15.5. The number of amides is 2. The maximum atomic E-state index is 11.5. The standard InChI is InChI=1S/C13H18N2O3S/c14-12(17)9-19-5-4-13(18)15-7-10-2-1-3-11(6-10)8-16/h1-3,6,16H,4-5,7-9H2,(H2,14,17)(H,15,18). The molecule has 0 bridgehead atoms. The Hall–Kier alpha value is -1.53. The molecule has 4 N–H and O–H groups in total. The predicted molar refractivity (Wildman–Crippen MR) is 75.3 cm³/mol. The van der Waals surface area contributed by atoms with Crippen LogP contribution in [0.2, 0.25) is 0 Å². The van der Waals surface area contributed by atoms with Crippen molar-refractivity contribution in [2.75, 3.05) is 11.5 Å². The van der Waals surface area contributed by atoms with Crippen LogP contribution in [0.3, 0.4) is 0 Å². The maximum Gasteiger partial charge on any atom is 0.227 e. The van der Waals surface area contributed by atoms with Crippen LogP contribution in [0.1, 0.15) is 17.5 Å². The number of carbonyl (C=O) groups is 2. The summed E-state index contributed by atoms with van der Waals surface area (Å²) in [5.74, 6) is 0.384. The molecule has 0 radical (unpaired) electrons. The highest BCUT2D eigenvalue weighted by Crippen LogP contribution is 2.05. The Balaban J connectivity index is 2.24. The number of nitrogens with one attached hydrogen (secondary N) is 1. The lowest BCUT2D eigenvalue weighted by Crippen LogP contribution is -2.23. The molecule has 0 aliphatic rings. The van der Waals surface area contributed by atoms with E-state index in [1.807, 2.05) is 24.3 Å². The number of aliphatic hydroxyl groups excluding tert-OH is 1. The van der Waals surface area contributed by atoms with Crippen LogP contribution < -0.4 is 11.1 Å². The van der Waals surface area contributed by atoms with Gasteiger partial charge in [0.05, 0.1) is 12.4 Å². The second-order valence-electron chi connectivity index (χ2n) is 4.02. The molecule has 0 saturated carbocycles. The fourth-order valence-corrected chi connectivity index (χ4v) is 2.14. The van der Waals surface area contributed by atoms with Crippen molar-refractivity contribution < 1.29 is 14.7 Å². The largest absolute Gasteiger partial charge is 0.392 e. The number of rotatable bonds is 8. The van der Waals surface area contributed by atoms with Gasteiger partial charge in [-0.2, -0.15) is 11.8 Å². The van der Waals surface area contributed by atoms with Gasteiger partial charge in [-0.05, 0) is 11.1 Å². The summed E-state index contributed by atoms with van der Waals surface area (Å²) >= 11 is 1.35. The Labute approximate surface area is 116 Å². The molecule has 1 rings (SSSR count). The molecule has 0 unspecified atom stereocenters. The van der Waals surface area contributed by atoms with Gasteiger partial charge in [-0.25, -0.2) is 0 Å². The molecule has 19 heavy (non-hydrogen) atoms. The van der Waals surface area contributed by atoms with Gasteiger partial charge >= 0.3 is 0 Å². The molecular formula is C13H18N2O3S. The molecule has 104 valence electrons. The maximum absolute atomic E-state index is 11.5. The van der Waals surface area contributed by atoms with Gasteiger partial charge in [-0.15, -0.1) is 0 Å². The van der Waals surface area contributed by atoms with Crippen LogP contribution in [0.4, 0.5) is 0 Å². The first-order valence-electron chi connectivity index (χ1n) is 5.93. The van der Waals surface area contributed by atoms with Gasteiger partial charge in [0.2, 0.25) is 11.8 Å². The normalized spacial score (nSPS) is 10.2. The van der Waals surface area contributed by atoms with Gasteiger partial charge in [0.1, 0.15) is 0 Å². The van der Waals surface area contributed by atoms with E-state index in [4.69, 9.17) is 10.8 Å². The lowest BCUT2D eigenvalue weighted by molar-refractivity contribution is -0.121. The summed E-state index contributed by atoms with van der Waals surface area (Å²) in [5, 5.41) is 11.8. The second kappa shape index (κ2) is 8.55. The number of hydrogen-bond acceptors (Lipinski definition) is 4. The highest BCUT2D eigenvalue weighted by atomic mass is 32.2. The first-order valence-corrected chi connectivity index (χ1v) is 7.08. The fourth-order valence-electron chi connectivity index (χ4n) is 1.46.